The third-order valence-corrected chi connectivity index (χ3v) is 6.50. The van der Waals surface area contributed by atoms with Crippen molar-refractivity contribution < 1.29 is 37.5 Å². The van der Waals surface area contributed by atoms with E-state index in [9.17, 15) is 42.3 Å². The maximum atomic E-state index is 13.5. The fourth-order valence-electron chi connectivity index (χ4n) is 4.18. The summed E-state index contributed by atoms with van der Waals surface area (Å²) in [5.41, 5.74) is 9.36. The average molecular weight is 636 g/mol. The number of hydrogen-bond donors (Lipinski definition) is 6. The predicted molar refractivity (Wildman–Crippen MR) is 155 cm³/mol. The first-order valence-corrected chi connectivity index (χ1v) is 13.7. The highest BCUT2D eigenvalue weighted by Gasteiger charge is 2.43. The number of fused-ring (bicyclic) bond motifs is 1. The van der Waals surface area contributed by atoms with Gasteiger partial charge in [-0.05, 0) is 63.4 Å². The Morgan fingerprint density at radius 1 is 1.07 bits per heavy atom. The summed E-state index contributed by atoms with van der Waals surface area (Å²) in [5.74, 6) is -4.71. The fraction of sp³-hybridized carbons (Fsp3) is 0.407. The van der Waals surface area contributed by atoms with E-state index < -0.39 is 54.1 Å². The molecule has 8 N–H and O–H groups in total. The van der Waals surface area contributed by atoms with E-state index in [-0.39, 0.29) is 53.3 Å². The molecule has 2 heterocycles. The van der Waals surface area contributed by atoms with Gasteiger partial charge in [0.1, 0.15) is 6.04 Å². The molecule has 0 fully saturated rings. The molecule has 0 radical (unpaired) electrons. The third-order valence-electron chi connectivity index (χ3n) is 6.50. The number of nitrogens with zero attached hydrogens (tertiary/aromatic N) is 4. The van der Waals surface area contributed by atoms with E-state index >= 15 is 0 Å². The second kappa shape index (κ2) is 15.0. The Morgan fingerprint density at radius 2 is 1.76 bits per heavy atom. The van der Waals surface area contributed by atoms with Crippen LogP contribution in [0, 0.1) is 0 Å². The number of carboxylic acid groups (broad SMARTS) is 1. The van der Waals surface area contributed by atoms with Gasteiger partial charge < -0.3 is 27.2 Å². The van der Waals surface area contributed by atoms with Gasteiger partial charge in [-0.3, -0.25) is 29.1 Å². The van der Waals surface area contributed by atoms with E-state index in [1.807, 2.05) is 0 Å². The maximum Gasteiger partial charge on any atom is 0.471 e. The molecule has 3 rings (SSSR count). The molecule has 0 saturated heterocycles. The van der Waals surface area contributed by atoms with Gasteiger partial charge in [0, 0.05) is 23.7 Å². The number of hydrogen-bond acceptors (Lipinski definition) is 10. The largest absolute Gasteiger partial charge is 0.480 e. The predicted octanol–water partition coefficient (Wildman–Crippen LogP) is 0.988. The first kappa shape index (κ1) is 34.4. The van der Waals surface area contributed by atoms with Crippen molar-refractivity contribution >= 4 is 46.5 Å². The zero-order valence-corrected chi connectivity index (χ0v) is 24.1. The second-order valence-electron chi connectivity index (χ2n) is 10.1. The molecule has 0 bridgehead atoms. The number of benzene rings is 1. The van der Waals surface area contributed by atoms with E-state index in [4.69, 9.17) is 11.5 Å². The first-order valence-electron chi connectivity index (χ1n) is 13.7. The number of carbonyl (C=O) groups excluding carboxylic acids is 3. The third kappa shape index (κ3) is 9.68. The minimum atomic E-state index is -5.26. The lowest BCUT2D eigenvalue weighted by Gasteiger charge is -2.24. The number of unbranched alkanes of at least 4 members (excludes halogenated alkanes) is 1. The molecular weight excluding hydrogens is 603 g/mol. The van der Waals surface area contributed by atoms with E-state index in [2.05, 4.69) is 30.6 Å². The number of halogens is 3. The summed E-state index contributed by atoms with van der Waals surface area (Å²) in [6, 6.07) is 3.12. The van der Waals surface area contributed by atoms with Crippen LogP contribution in [0.4, 0.5) is 24.8 Å². The molecule has 18 heteroatoms. The fourth-order valence-corrected chi connectivity index (χ4v) is 4.18. The molecule has 3 aromatic rings. The number of amides is 3. The number of carbonyl (C=O) groups is 4. The van der Waals surface area contributed by atoms with Gasteiger partial charge in [0.05, 0.1) is 18.4 Å². The molecule has 2 atom stereocenters. The lowest BCUT2D eigenvalue weighted by atomic mass is 10.1. The van der Waals surface area contributed by atoms with Crippen LogP contribution in [0.1, 0.15) is 55.1 Å². The Bertz CT molecular complexity index is 1600. The van der Waals surface area contributed by atoms with Crippen molar-refractivity contribution in [3.63, 3.8) is 0 Å². The summed E-state index contributed by atoms with van der Waals surface area (Å²) in [6.07, 6.45) is -2.71. The van der Waals surface area contributed by atoms with Gasteiger partial charge in [0.15, 0.2) is 11.2 Å². The van der Waals surface area contributed by atoms with Crippen LogP contribution in [-0.4, -0.2) is 73.5 Å². The molecule has 45 heavy (non-hydrogen) atoms. The molecule has 0 saturated carbocycles. The summed E-state index contributed by atoms with van der Waals surface area (Å²) in [6.45, 7) is 1.31. The van der Waals surface area contributed by atoms with E-state index in [1.165, 1.54) is 12.1 Å². The highest BCUT2D eigenvalue weighted by molar-refractivity contribution is 5.98. The summed E-state index contributed by atoms with van der Waals surface area (Å²) >= 11 is 0. The second-order valence-corrected chi connectivity index (χ2v) is 10.1. The Kier molecular flexibility index (Phi) is 11.5. The Morgan fingerprint density at radius 3 is 2.38 bits per heavy atom. The van der Waals surface area contributed by atoms with Crippen molar-refractivity contribution in [3.05, 3.63) is 52.1 Å². The number of nitrogens with two attached hydrogens (primary N) is 2. The normalized spacial score (nSPS) is 12.7. The molecular formula is C27H32F3N9O6. The summed E-state index contributed by atoms with van der Waals surface area (Å²) < 4.78 is 40.4. The number of alkyl halides is 3. The smallest absolute Gasteiger partial charge is 0.471 e. The zero-order chi connectivity index (χ0) is 33.3. The summed E-state index contributed by atoms with van der Waals surface area (Å²) in [5, 5.41) is 14.4. The number of rotatable bonds is 14. The van der Waals surface area contributed by atoms with Gasteiger partial charge in [0.25, 0.3) is 11.5 Å². The first-order chi connectivity index (χ1) is 21.2. The number of anilines is 2. The quantitative estimate of drug-likeness (QED) is 0.137. The van der Waals surface area contributed by atoms with Crippen LogP contribution < -0.4 is 32.6 Å². The zero-order valence-electron chi connectivity index (χ0n) is 24.1. The minimum Gasteiger partial charge on any atom is -0.480 e. The lowest BCUT2D eigenvalue weighted by Crippen LogP contribution is -2.41. The summed E-state index contributed by atoms with van der Waals surface area (Å²) in [7, 11) is 0. The van der Waals surface area contributed by atoms with E-state index in [0.717, 1.165) is 18.3 Å². The molecule has 3 amide bonds. The molecule has 0 aliphatic rings. The summed E-state index contributed by atoms with van der Waals surface area (Å²) in [4.78, 5) is 75.1. The molecule has 2 unspecified atom stereocenters. The van der Waals surface area contributed by atoms with Gasteiger partial charge in [-0.1, -0.05) is 0 Å². The number of H-pyrrole nitrogens is 1. The Labute approximate surface area is 253 Å². The van der Waals surface area contributed by atoms with Crippen LogP contribution in [0.2, 0.25) is 0 Å². The minimum absolute atomic E-state index is 0.0565. The number of aliphatic carboxylic acids is 1. The van der Waals surface area contributed by atoms with Crippen LogP contribution in [0.15, 0.2) is 35.3 Å². The molecule has 2 aromatic heterocycles. The Hall–Kier alpha value is -5.13. The van der Waals surface area contributed by atoms with Crippen LogP contribution in [0.25, 0.3) is 11.2 Å². The molecule has 0 aliphatic carbocycles. The molecule has 242 valence electrons. The van der Waals surface area contributed by atoms with Crippen molar-refractivity contribution in [2.24, 2.45) is 5.73 Å². The standard InChI is InChI=1S/C27H32F3N9O6/c1-14(5-10-19(40)36-18(24(43)44)4-2-3-11-31)34-22(41)15-6-8-17(9-7-15)39(25(45)27(28,29)30)13-16-12-33-21-20(35-16)23(42)38-26(32)37-21/h6-9,12,14,18H,2-5,10-11,13,31H2,1H3,(H,34,41)(H,36,40)(H,43,44)(H3,32,33,37,38,42). The Balaban J connectivity index is 1.66. The van der Waals surface area contributed by atoms with Gasteiger partial charge in [-0.25, -0.2) is 14.8 Å². The van der Waals surface area contributed by atoms with Crippen molar-refractivity contribution in [2.75, 3.05) is 17.2 Å². The van der Waals surface area contributed by atoms with Crippen LogP contribution in [0.5, 0.6) is 0 Å². The number of nitrogen functional groups attached to an aromatic ring is 1. The van der Waals surface area contributed by atoms with Crippen molar-refractivity contribution in [1.29, 1.82) is 0 Å². The number of nitrogens with one attached hydrogen (secondary N) is 3. The van der Waals surface area contributed by atoms with Gasteiger partial charge in [0.2, 0.25) is 11.9 Å². The number of carboxylic acids is 1. The van der Waals surface area contributed by atoms with Crippen LogP contribution in [-0.2, 0) is 20.9 Å². The van der Waals surface area contributed by atoms with Gasteiger partial charge in [-0.2, -0.15) is 18.2 Å². The highest BCUT2D eigenvalue weighted by atomic mass is 19.4. The van der Waals surface area contributed by atoms with Crippen molar-refractivity contribution in [3.8, 4) is 0 Å². The van der Waals surface area contributed by atoms with E-state index in [0.29, 0.717) is 24.3 Å². The van der Waals surface area contributed by atoms with Crippen LogP contribution in [0.3, 0.4) is 0 Å². The number of aromatic nitrogens is 4. The van der Waals surface area contributed by atoms with Crippen molar-refractivity contribution in [1.82, 2.24) is 30.6 Å². The average Bonchev–Trinajstić information content (AvgIpc) is 2.97. The van der Waals surface area contributed by atoms with Crippen molar-refractivity contribution in [2.45, 2.75) is 63.8 Å². The molecule has 15 nitrogen and oxygen atoms in total. The molecule has 0 aliphatic heterocycles. The SMILES string of the molecule is CC(CCC(=O)NC(CCCCN)C(=O)O)NC(=O)c1ccc(N(Cc2cnc3nc(N)[nH]c(=O)c3n2)C(=O)C(F)(F)F)cc1. The van der Waals surface area contributed by atoms with E-state index in [1.54, 1.807) is 6.92 Å². The lowest BCUT2D eigenvalue weighted by molar-refractivity contribution is -0.170. The van der Waals surface area contributed by atoms with Gasteiger partial charge in [-0.15, -0.1) is 0 Å². The monoisotopic (exact) mass is 635 g/mol. The highest BCUT2D eigenvalue weighted by Crippen LogP contribution is 2.26. The molecule has 0 spiro atoms. The molecule has 1 aromatic carbocycles. The topological polar surface area (TPSA) is 239 Å². The number of aromatic amines is 1. The maximum absolute atomic E-state index is 13.5. The van der Waals surface area contributed by atoms with Gasteiger partial charge >= 0.3 is 18.1 Å². The van der Waals surface area contributed by atoms with Crippen LogP contribution >= 0.6 is 0 Å².